The van der Waals surface area contributed by atoms with Crippen LogP contribution in [0.3, 0.4) is 0 Å². The van der Waals surface area contributed by atoms with Crippen LogP contribution >= 0.6 is 0 Å². The molecule has 2 heterocycles. The van der Waals surface area contributed by atoms with Gasteiger partial charge in [-0.3, -0.25) is 4.90 Å². The monoisotopic (exact) mass is 199 g/mol. The van der Waals surface area contributed by atoms with Crippen molar-refractivity contribution in [2.24, 2.45) is 0 Å². The van der Waals surface area contributed by atoms with Crippen molar-refractivity contribution in [3.8, 4) is 0 Å². The molecule has 2 unspecified atom stereocenters. The van der Waals surface area contributed by atoms with Crippen LogP contribution in [0.5, 0.6) is 0 Å². The molecule has 0 aromatic carbocycles. The minimum absolute atomic E-state index is 0.0226. The molecule has 0 aromatic heterocycles. The molecule has 2 saturated heterocycles. The van der Waals surface area contributed by atoms with Gasteiger partial charge in [-0.2, -0.15) is 0 Å². The first-order chi connectivity index (χ1) is 6.44. The predicted molar refractivity (Wildman–Crippen MR) is 55.1 cm³/mol. The Hall–Kier alpha value is -0.120. The lowest BCUT2D eigenvalue weighted by Gasteiger charge is -2.43. The Morgan fingerprint density at radius 1 is 1.29 bits per heavy atom. The van der Waals surface area contributed by atoms with Crippen molar-refractivity contribution < 1.29 is 9.47 Å². The third-order valence-corrected chi connectivity index (χ3v) is 3.66. The van der Waals surface area contributed by atoms with Gasteiger partial charge in [-0.1, -0.05) is 0 Å². The summed E-state index contributed by atoms with van der Waals surface area (Å²) < 4.78 is 11.9. The number of ether oxygens (including phenoxy) is 2. The Bertz CT molecular complexity index is 229. The first-order valence-corrected chi connectivity index (χ1v) is 5.49. The standard InChI is InChI=1S/C11H21NO2/c1-7-6-11(4)10(8(2)13-7)12(5)9(3)14-11/h7-10H,6H2,1-5H3/t7?,8-,9?,10+,11-/m0/s1. The first-order valence-electron chi connectivity index (χ1n) is 5.49. The molecule has 0 N–H and O–H groups in total. The van der Waals surface area contributed by atoms with Crippen LogP contribution in [0.25, 0.3) is 0 Å². The molecular weight excluding hydrogens is 178 g/mol. The quantitative estimate of drug-likeness (QED) is 0.592. The number of hydrogen-bond acceptors (Lipinski definition) is 3. The largest absolute Gasteiger partial charge is 0.374 e. The average Bonchev–Trinajstić information content (AvgIpc) is 2.21. The van der Waals surface area contributed by atoms with E-state index >= 15 is 0 Å². The van der Waals surface area contributed by atoms with Gasteiger partial charge in [0.05, 0.1) is 23.9 Å². The molecule has 3 heteroatoms. The second-order valence-corrected chi connectivity index (χ2v) is 5.00. The normalized spacial score (nSPS) is 54.6. The minimum Gasteiger partial charge on any atom is -0.374 e. The number of hydrogen-bond donors (Lipinski definition) is 0. The van der Waals surface area contributed by atoms with Gasteiger partial charge in [0.1, 0.15) is 6.23 Å². The van der Waals surface area contributed by atoms with Crippen LogP contribution in [-0.2, 0) is 9.47 Å². The van der Waals surface area contributed by atoms with E-state index in [9.17, 15) is 0 Å². The Labute approximate surface area is 86.4 Å². The van der Waals surface area contributed by atoms with Crippen LogP contribution in [0.1, 0.15) is 34.1 Å². The second kappa shape index (κ2) is 3.19. The maximum absolute atomic E-state index is 6.05. The lowest BCUT2D eigenvalue weighted by Crippen LogP contribution is -2.56. The summed E-state index contributed by atoms with van der Waals surface area (Å²) >= 11 is 0. The highest BCUT2D eigenvalue weighted by Gasteiger charge is 2.53. The second-order valence-electron chi connectivity index (χ2n) is 5.00. The molecule has 82 valence electrons. The molecule has 0 radical (unpaired) electrons. The van der Waals surface area contributed by atoms with E-state index in [1.807, 2.05) is 0 Å². The Morgan fingerprint density at radius 2 is 1.93 bits per heavy atom. The maximum Gasteiger partial charge on any atom is 0.108 e. The van der Waals surface area contributed by atoms with Crippen LogP contribution in [0.4, 0.5) is 0 Å². The van der Waals surface area contributed by atoms with Crippen LogP contribution in [0.15, 0.2) is 0 Å². The zero-order valence-electron chi connectivity index (χ0n) is 9.78. The molecule has 5 atom stereocenters. The van der Waals surface area contributed by atoms with Crippen LogP contribution in [0, 0.1) is 0 Å². The van der Waals surface area contributed by atoms with E-state index < -0.39 is 0 Å². The van der Waals surface area contributed by atoms with Crippen LogP contribution in [-0.4, -0.2) is 42.0 Å². The summed E-state index contributed by atoms with van der Waals surface area (Å²) in [6.07, 6.45) is 1.78. The van der Waals surface area contributed by atoms with E-state index in [1.165, 1.54) is 0 Å². The zero-order valence-corrected chi connectivity index (χ0v) is 9.78. The van der Waals surface area contributed by atoms with E-state index in [2.05, 4.69) is 39.6 Å². The Kier molecular flexibility index (Phi) is 2.37. The average molecular weight is 199 g/mol. The molecule has 3 nitrogen and oxygen atoms in total. The van der Waals surface area contributed by atoms with Crippen molar-refractivity contribution in [3.63, 3.8) is 0 Å². The van der Waals surface area contributed by atoms with E-state index in [0.717, 1.165) is 6.42 Å². The van der Waals surface area contributed by atoms with E-state index in [-0.39, 0.29) is 17.9 Å². The molecular formula is C11H21NO2. The molecule has 2 aliphatic heterocycles. The SMILES string of the molecule is CC1C[C@]2(C)OC(C)N(C)[C@@H]2[C@H](C)O1. The third-order valence-electron chi connectivity index (χ3n) is 3.66. The predicted octanol–water partition coefficient (Wildman–Crippen LogP) is 1.62. The number of rotatable bonds is 0. The molecule has 2 aliphatic rings. The minimum atomic E-state index is -0.0226. The zero-order chi connectivity index (χ0) is 10.5. The van der Waals surface area contributed by atoms with Gasteiger partial charge in [-0.25, -0.2) is 0 Å². The molecule has 0 spiro atoms. The molecule has 0 aromatic rings. The van der Waals surface area contributed by atoms with Gasteiger partial charge in [0.15, 0.2) is 0 Å². The highest BCUT2D eigenvalue weighted by Crippen LogP contribution is 2.41. The first kappa shape index (κ1) is 10.4. The topological polar surface area (TPSA) is 21.7 Å². The third kappa shape index (κ3) is 1.38. The summed E-state index contributed by atoms with van der Waals surface area (Å²) in [7, 11) is 2.12. The van der Waals surface area contributed by atoms with Gasteiger partial charge in [0.25, 0.3) is 0 Å². The maximum atomic E-state index is 6.05. The fourth-order valence-electron chi connectivity index (χ4n) is 3.26. The summed E-state index contributed by atoms with van der Waals surface area (Å²) in [6.45, 7) is 8.61. The van der Waals surface area contributed by atoms with Gasteiger partial charge in [0, 0.05) is 6.42 Å². The van der Waals surface area contributed by atoms with Crippen molar-refractivity contribution in [1.82, 2.24) is 4.90 Å². The lowest BCUT2D eigenvalue weighted by atomic mass is 9.84. The molecule has 0 bridgehead atoms. The van der Waals surface area contributed by atoms with Crippen molar-refractivity contribution in [1.29, 1.82) is 0 Å². The van der Waals surface area contributed by atoms with Crippen molar-refractivity contribution in [2.45, 2.75) is 64.2 Å². The summed E-state index contributed by atoms with van der Waals surface area (Å²) in [6, 6.07) is 0.397. The lowest BCUT2D eigenvalue weighted by molar-refractivity contribution is -0.139. The highest BCUT2D eigenvalue weighted by atomic mass is 16.6. The van der Waals surface area contributed by atoms with Crippen LogP contribution < -0.4 is 0 Å². The summed E-state index contributed by atoms with van der Waals surface area (Å²) in [4.78, 5) is 2.29. The summed E-state index contributed by atoms with van der Waals surface area (Å²) in [5.41, 5.74) is -0.0226. The van der Waals surface area contributed by atoms with Crippen molar-refractivity contribution >= 4 is 0 Å². The van der Waals surface area contributed by atoms with Gasteiger partial charge in [-0.15, -0.1) is 0 Å². The van der Waals surface area contributed by atoms with Gasteiger partial charge < -0.3 is 9.47 Å². The molecule has 0 saturated carbocycles. The van der Waals surface area contributed by atoms with E-state index in [1.54, 1.807) is 0 Å². The molecule has 14 heavy (non-hydrogen) atoms. The summed E-state index contributed by atoms with van der Waals surface area (Å²) in [5.74, 6) is 0. The molecule has 0 amide bonds. The fourth-order valence-corrected chi connectivity index (χ4v) is 3.26. The highest BCUT2D eigenvalue weighted by molar-refractivity contribution is 5.03. The number of nitrogens with zero attached hydrogens (tertiary/aromatic N) is 1. The Balaban J connectivity index is 2.25. The van der Waals surface area contributed by atoms with E-state index in [0.29, 0.717) is 12.1 Å². The Morgan fingerprint density at radius 3 is 2.57 bits per heavy atom. The fraction of sp³-hybridized carbons (Fsp3) is 1.00. The molecule has 2 rings (SSSR count). The van der Waals surface area contributed by atoms with Crippen molar-refractivity contribution in [2.75, 3.05) is 7.05 Å². The van der Waals surface area contributed by atoms with Gasteiger partial charge >= 0.3 is 0 Å². The van der Waals surface area contributed by atoms with Crippen molar-refractivity contribution in [3.05, 3.63) is 0 Å². The smallest absolute Gasteiger partial charge is 0.108 e. The molecule has 0 aliphatic carbocycles. The van der Waals surface area contributed by atoms with Gasteiger partial charge in [-0.05, 0) is 34.7 Å². The van der Waals surface area contributed by atoms with E-state index in [4.69, 9.17) is 9.47 Å². The van der Waals surface area contributed by atoms with Crippen LogP contribution in [0.2, 0.25) is 0 Å². The molecule has 2 fully saturated rings. The number of fused-ring (bicyclic) bond motifs is 1. The summed E-state index contributed by atoms with van der Waals surface area (Å²) in [5, 5.41) is 0. The number of likely N-dealkylation sites (N-methyl/N-ethyl adjacent to an activating group) is 1. The van der Waals surface area contributed by atoms with Gasteiger partial charge in [0.2, 0.25) is 0 Å².